The molecule has 1 aliphatic heterocycles. The van der Waals surface area contributed by atoms with E-state index in [1.165, 1.54) is 25.4 Å². The molecule has 0 bridgehead atoms. The highest BCUT2D eigenvalue weighted by molar-refractivity contribution is 7.91. The molecule has 1 aromatic carbocycles. The molecule has 3 rings (SSSR count). The molecule has 0 N–H and O–H groups in total. The number of hydrogen-bond donors (Lipinski definition) is 0. The van der Waals surface area contributed by atoms with Crippen LogP contribution in [0.1, 0.15) is 16.1 Å². The van der Waals surface area contributed by atoms with Crippen molar-refractivity contribution in [3.8, 4) is 11.5 Å². The monoisotopic (exact) mass is 365 g/mol. The molecule has 7 nitrogen and oxygen atoms in total. The van der Waals surface area contributed by atoms with Crippen LogP contribution in [0.2, 0.25) is 0 Å². The van der Waals surface area contributed by atoms with Crippen molar-refractivity contribution in [2.45, 2.75) is 11.0 Å². The van der Waals surface area contributed by atoms with E-state index < -0.39 is 15.1 Å². The van der Waals surface area contributed by atoms with Gasteiger partial charge in [-0.05, 0) is 24.3 Å². The Hall–Kier alpha value is -2.48. The summed E-state index contributed by atoms with van der Waals surface area (Å²) in [6, 6.07) is 8.18. The van der Waals surface area contributed by atoms with Crippen molar-refractivity contribution in [3.63, 3.8) is 0 Å². The molecular formula is C17H19NO6S. The van der Waals surface area contributed by atoms with Gasteiger partial charge in [-0.15, -0.1) is 0 Å². The molecule has 8 heteroatoms. The Morgan fingerprint density at radius 3 is 2.60 bits per heavy atom. The van der Waals surface area contributed by atoms with Crippen molar-refractivity contribution in [1.82, 2.24) is 4.90 Å². The number of benzene rings is 1. The number of hydrogen-bond acceptors (Lipinski definition) is 6. The van der Waals surface area contributed by atoms with Gasteiger partial charge in [-0.25, -0.2) is 8.42 Å². The number of ether oxygens (including phenoxy) is 2. The SMILES string of the molecule is COc1ccc(C(=O)N2CC(S(=O)(=O)Cc3ccco3)C2)c(OC)c1. The normalized spacial score (nSPS) is 14.9. The number of carbonyl (C=O) groups excluding carboxylic acids is 1. The van der Waals surface area contributed by atoms with Crippen molar-refractivity contribution in [3.05, 3.63) is 47.9 Å². The van der Waals surface area contributed by atoms with E-state index in [4.69, 9.17) is 13.9 Å². The largest absolute Gasteiger partial charge is 0.497 e. The van der Waals surface area contributed by atoms with Crippen molar-refractivity contribution < 1.29 is 27.1 Å². The van der Waals surface area contributed by atoms with Gasteiger partial charge in [0, 0.05) is 19.2 Å². The molecule has 0 radical (unpaired) electrons. The summed E-state index contributed by atoms with van der Waals surface area (Å²) in [5.74, 6) is 0.964. The summed E-state index contributed by atoms with van der Waals surface area (Å²) in [6.07, 6.45) is 1.44. The van der Waals surface area contributed by atoms with Gasteiger partial charge in [0.15, 0.2) is 9.84 Å². The van der Waals surface area contributed by atoms with Crippen LogP contribution in [0.3, 0.4) is 0 Å². The van der Waals surface area contributed by atoms with E-state index in [1.807, 2.05) is 0 Å². The fourth-order valence-corrected chi connectivity index (χ4v) is 4.30. The Labute approximate surface area is 146 Å². The second kappa shape index (κ2) is 6.79. The van der Waals surface area contributed by atoms with E-state index in [2.05, 4.69) is 0 Å². The maximum absolute atomic E-state index is 12.6. The maximum Gasteiger partial charge on any atom is 0.257 e. The molecule has 1 fully saturated rings. The summed E-state index contributed by atoms with van der Waals surface area (Å²) >= 11 is 0. The smallest absolute Gasteiger partial charge is 0.257 e. The van der Waals surface area contributed by atoms with Gasteiger partial charge >= 0.3 is 0 Å². The van der Waals surface area contributed by atoms with Gasteiger partial charge in [-0.3, -0.25) is 4.79 Å². The highest BCUT2D eigenvalue weighted by atomic mass is 32.2. The molecule has 25 heavy (non-hydrogen) atoms. The number of nitrogens with zero attached hydrogens (tertiary/aromatic N) is 1. The van der Waals surface area contributed by atoms with Gasteiger partial charge in [0.1, 0.15) is 23.0 Å². The van der Waals surface area contributed by atoms with E-state index >= 15 is 0 Å². The Balaban J connectivity index is 1.67. The number of sulfone groups is 1. The van der Waals surface area contributed by atoms with Crippen LogP contribution in [-0.4, -0.2) is 51.8 Å². The van der Waals surface area contributed by atoms with E-state index in [1.54, 1.807) is 30.3 Å². The minimum absolute atomic E-state index is 0.154. The lowest BCUT2D eigenvalue weighted by molar-refractivity contribution is 0.0655. The zero-order valence-corrected chi connectivity index (χ0v) is 14.8. The van der Waals surface area contributed by atoms with Crippen molar-refractivity contribution >= 4 is 15.7 Å². The highest BCUT2D eigenvalue weighted by Gasteiger charge is 2.40. The molecule has 0 spiro atoms. The molecule has 1 aliphatic rings. The van der Waals surface area contributed by atoms with E-state index in [0.717, 1.165) is 0 Å². The zero-order chi connectivity index (χ0) is 18.0. The lowest BCUT2D eigenvalue weighted by Crippen LogP contribution is -2.57. The van der Waals surface area contributed by atoms with Crippen LogP contribution in [-0.2, 0) is 15.6 Å². The summed E-state index contributed by atoms with van der Waals surface area (Å²) in [5, 5.41) is -0.578. The predicted molar refractivity (Wildman–Crippen MR) is 90.6 cm³/mol. The lowest BCUT2D eigenvalue weighted by Gasteiger charge is -2.38. The minimum Gasteiger partial charge on any atom is -0.497 e. The van der Waals surface area contributed by atoms with Gasteiger partial charge in [0.25, 0.3) is 5.91 Å². The lowest BCUT2D eigenvalue weighted by atomic mass is 10.1. The van der Waals surface area contributed by atoms with Crippen molar-refractivity contribution in [2.24, 2.45) is 0 Å². The molecule has 0 aliphatic carbocycles. The average Bonchev–Trinajstić information content (AvgIpc) is 3.04. The zero-order valence-electron chi connectivity index (χ0n) is 14.0. The summed E-state index contributed by atoms with van der Waals surface area (Å²) in [6.45, 7) is 0.327. The molecule has 0 unspecified atom stereocenters. The first kappa shape index (κ1) is 17.3. The molecule has 1 amide bonds. The topological polar surface area (TPSA) is 86.0 Å². The number of methoxy groups -OCH3 is 2. The Bertz CT molecular complexity index is 853. The Morgan fingerprint density at radius 1 is 1.24 bits per heavy atom. The van der Waals surface area contributed by atoms with Crippen molar-refractivity contribution in [2.75, 3.05) is 27.3 Å². The van der Waals surface area contributed by atoms with Crippen molar-refractivity contribution in [1.29, 1.82) is 0 Å². The third kappa shape index (κ3) is 3.48. The van der Waals surface area contributed by atoms with Crippen LogP contribution < -0.4 is 9.47 Å². The highest BCUT2D eigenvalue weighted by Crippen LogP contribution is 2.29. The maximum atomic E-state index is 12.6. The number of amides is 1. The number of carbonyl (C=O) groups is 1. The molecular weight excluding hydrogens is 346 g/mol. The summed E-state index contributed by atoms with van der Waals surface area (Å²) in [7, 11) is -0.362. The average molecular weight is 365 g/mol. The van der Waals surface area contributed by atoms with E-state index in [-0.39, 0.29) is 24.7 Å². The molecule has 134 valence electrons. The third-order valence-corrected chi connectivity index (χ3v) is 6.21. The standard InChI is InChI=1S/C17H19NO6S/c1-22-12-5-6-15(16(8-12)23-2)17(19)18-9-14(10-18)25(20,21)11-13-4-3-7-24-13/h3-8,14H,9-11H2,1-2H3. The van der Waals surface area contributed by atoms with Crippen LogP contribution in [0.5, 0.6) is 11.5 Å². The molecule has 0 saturated carbocycles. The Morgan fingerprint density at radius 2 is 2.00 bits per heavy atom. The predicted octanol–water partition coefficient (Wildman–Crippen LogP) is 1.74. The van der Waals surface area contributed by atoms with Crippen LogP contribution >= 0.6 is 0 Å². The van der Waals surface area contributed by atoms with Crippen LogP contribution in [0.4, 0.5) is 0 Å². The van der Waals surface area contributed by atoms with Gasteiger partial charge < -0.3 is 18.8 Å². The Kier molecular flexibility index (Phi) is 4.71. The summed E-state index contributed by atoms with van der Waals surface area (Å²) in [5.41, 5.74) is 0.380. The second-order valence-corrected chi connectivity index (χ2v) is 8.07. The van der Waals surface area contributed by atoms with E-state index in [0.29, 0.717) is 22.8 Å². The van der Waals surface area contributed by atoms with Crippen LogP contribution in [0, 0.1) is 0 Å². The summed E-state index contributed by atoms with van der Waals surface area (Å²) < 4.78 is 40.1. The molecule has 2 heterocycles. The first-order valence-corrected chi connectivity index (χ1v) is 9.41. The van der Waals surface area contributed by atoms with Gasteiger partial charge in [0.05, 0.1) is 31.3 Å². The molecule has 0 atom stereocenters. The second-order valence-electron chi connectivity index (χ2n) is 5.78. The fourth-order valence-electron chi connectivity index (χ4n) is 2.69. The van der Waals surface area contributed by atoms with Crippen LogP contribution in [0.25, 0.3) is 0 Å². The van der Waals surface area contributed by atoms with Gasteiger partial charge in [-0.1, -0.05) is 0 Å². The quantitative estimate of drug-likeness (QED) is 0.775. The molecule has 1 aromatic heterocycles. The molecule has 2 aromatic rings. The molecule has 1 saturated heterocycles. The number of likely N-dealkylation sites (tertiary alicyclic amines) is 1. The van der Waals surface area contributed by atoms with E-state index in [9.17, 15) is 13.2 Å². The third-order valence-electron chi connectivity index (χ3n) is 4.21. The minimum atomic E-state index is -3.36. The number of furan rings is 1. The van der Waals surface area contributed by atoms with Gasteiger partial charge in [0.2, 0.25) is 0 Å². The first-order valence-electron chi connectivity index (χ1n) is 7.70. The van der Waals surface area contributed by atoms with Gasteiger partial charge in [-0.2, -0.15) is 0 Å². The van der Waals surface area contributed by atoms with Crippen LogP contribution in [0.15, 0.2) is 41.0 Å². The number of rotatable bonds is 6. The first-order chi connectivity index (χ1) is 11.9. The fraction of sp³-hybridized carbons (Fsp3) is 0.353. The summed E-state index contributed by atoms with van der Waals surface area (Å²) in [4.78, 5) is 14.1.